The number of ether oxygens (including phenoxy) is 1. The van der Waals surface area contributed by atoms with Gasteiger partial charge in [-0.1, -0.05) is 152 Å². The molecule has 0 aliphatic heterocycles. The number of para-hydroxylation sites is 1. The van der Waals surface area contributed by atoms with E-state index < -0.39 is 0 Å². The SMILES string of the molecule is CC(C)(C)c1cc[c-]c(-c2cc(-c3cccc4ccccc34)ccn2)c1.[Ir].[c-]1cc2c3ccccc3c3ccccc3c2cc1-c1cc(Oc2ccccc2)ccn1. The monoisotopic (exact) mass is 925 g/mol. The molecule has 0 spiro atoms. The van der Waals surface area contributed by atoms with Gasteiger partial charge >= 0.3 is 0 Å². The van der Waals surface area contributed by atoms with Gasteiger partial charge in [0.25, 0.3) is 0 Å². The Morgan fingerprint density at radius 3 is 1.78 bits per heavy atom. The number of nitrogens with zero attached hydrogens (tertiary/aromatic N) is 2. The Balaban J connectivity index is 0.000000162. The predicted octanol–water partition coefficient (Wildman–Crippen LogP) is 14.5. The number of hydrogen-bond acceptors (Lipinski definition) is 3. The minimum atomic E-state index is 0. The minimum absolute atomic E-state index is 0. The van der Waals surface area contributed by atoms with Crippen LogP contribution >= 0.6 is 0 Å². The molecule has 0 aliphatic rings. The molecule has 0 fully saturated rings. The van der Waals surface area contributed by atoms with Crippen LogP contribution in [0.3, 0.4) is 0 Å². The summed E-state index contributed by atoms with van der Waals surface area (Å²) in [6, 6.07) is 67.4. The van der Waals surface area contributed by atoms with Gasteiger partial charge < -0.3 is 14.7 Å². The van der Waals surface area contributed by atoms with Crippen molar-refractivity contribution in [3.8, 4) is 45.1 Å². The molecule has 283 valence electrons. The molecule has 2 aromatic heterocycles. The van der Waals surface area contributed by atoms with Crippen LogP contribution in [0.1, 0.15) is 26.3 Å². The van der Waals surface area contributed by atoms with E-state index >= 15 is 0 Å². The molecule has 10 aromatic rings. The van der Waals surface area contributed by atoms with Crippen LogP contribution in [-0.4, -0.2) is 9.97 Å². The molecule has 2 heterocycles. The van der Waals surface area contributed by atoms with E-state index in [0.29, 0.717) is 0 Å². The standard InChI is InChI=1S/C29H18NO.C25H22N.Ir/c1-2-8-21(9-3-1)31-22-16-17-30-29(19-22)20-14-15-27-25-12-5-4-10-23(25)24-11-6-7-13-26(24)28(27)18-20;1-25(2,3)21-11-6-10-20(16-21)24-17-19(14-15-26-24)23-13-7-9-18-8-4-5-12-22(18)23;/h1-13,15-19H;4-9,11-17H,1-3H3;/q2*-1;. The molecule has 0 saturated carbocycles. The van der Waals surface area contributed by atoms with Gasteiger partial charge in [0, 0.05) is 32.5 Å². The molecule has 58 heavy (non-hydrogen) atoms. The number of benzene rings is 8. The molecule has 3 nitrogen and oxygen atoms in total. The first-order valence-electron chi connectivity index (χ1n) is 19.3. The van der Waals surface area contributed by atoms with Crippen LogP contribution in [0.4, 0.5) is 0 Å². The van der Waals surface area contributed by atoms with Crippen LogP contribution in [0.25, 0.3) is 76.7 Å². The number of rotatable bonds is 5. The third-order valence-corrected chi connectivity index (χ3v) is 10.5. The molecule has 0 aliphatic carbocycles. The molecule has 8 aromatic carbocycles. The average Bonchev–Trinajstić information content (AvgIpc) is 3.26. The average molecular weight is 925 g/mol. The smallest absolute Gasteiger partial charge is 0.127 e. The van der Waals surface area contributed by atoms with Crippen LogP contribution in [0.5, 0.6) is 11.5 Å². The Hall–Kier alpha value is -6.45. The van der Waals surface area contributed by atoms with E-state index in [2.05, 4.69) is 170 Å². The van der Waals surface area contributed by atoms with E-state index in [1.54, 1.807) is 6.20 Å². The fourth-order valence-electron chi connectivity index (χ4n) is 7.54. The van der Waals surface area contributed by atoms with Crippen LogP contribution < -0.4 is 4.74 Å². The number of aromatic nitrogens is 2. The third kappa shape index (κ3) is 7.90. The van der Waals surface area contributed by atoms with Gasteiger partial charge in [0.15, 0.2) is 0 Å². The van der Waals surface area contributed by atoms with E-state index in [-0.39, 0.29) is 25.5 Å². The zero-order chi connectivity index (χ0) is 38.8. The van der Waals surface area contributed by atoms with Crippen LogP contribution in [0, 0.1) is 12.1 Å². The van der Waals surface area contributed by atoms with Gasteiger partial charge in [0.1, 0.15) is 11.5 Å². The fraction of sp³-hybridized carbons (Fsp3) is 0.0741. The number of hydrogen-bond donors (Lipinski definition) is 0. The van der Waals surface area contributed by atoms with Crippen molar-refractivity contribution in [3.05, 3.63) is 206 Å². The first kappa shape index (κ1) is 38.4. The van der Waals surface area contributed by atoms with Gasteiger partial charge in [-0.2, -0.15) is 0 Å². The van der Waals surface area contributed by atoms with E-state index in [9.17, 15) is 0 Å². The topological polar surface area (TPSA) is 35.0 Å². The largest absolute Gasteiger partial charge is 0.458 e. The van der Waals surface area contributed by atoms with Gasteiger partial charge in [0.05, 0.1) is 0 Å². The molecule has 4 heteroatoms. The first-order valence-corrected chi connectivity index (χ1v) is 19.3. The summed E-state index contributed by atoms with van der Waals surface area (Å²) in [4.78, 5) is 9.20. The molecule has 0 bridgehead atoms. The molecule has 0 atom stereocenters. The summed E-state index contributed by atoms with van der Waals surface area (Å²) < 4.78 is 6.00. The Morgan fingerprint density at radius 2 is 1.05 bits per heavy atom. The van der Waals surface area contributed by atoms with Gasteiger partial charge in [0.2, 0.25) is 0 Å². The van der Waals surface area contributed by atoms with Crippen molar-refractivity contribution in [2.24, 2.45) is 0 Å². The molecule has 1 radical (unpaired) electrons. The van der Waals surface area contributed by atoms with Gasteiger partial charge in [-0.15, -0.1) is 59.2 Å². The second-order valence-electron chi connectivity index (χ2n) is 15.3. The molecular weight excluding hydrogens is 885 g/mol. The normalized spacial score (nSPS) is 11.2. The fourth-order valence-corrected chi connectivity index (χ4v) is 7.54. The molecule has 0 saturated heterocycles. The minimum Gasteiger partial charge on any atom is -0.458 e. The van der Waals surface area contributed by atoms with Gasteiger partial charge in [-0.3, -0.25) is 0 Å². The van der Waals surface area contributed by atoms with E-state index in [1.807, 2.05) is 54.7 Å². The van der Waals surface area contributed by atoms with E-state index in [4.69, 9.17) is 4.74 Å². The van der Waals surface area contributed by atoms with Crippen LogP contribution in [0.15, 0.2) is 188 Å². The Bertz CT molecular complexity index is 3000. The summed E-state index contributed by atoms with van der Waals surface area (Å²) >= 11 is 0. The Kier molecular flexibility index (Phi) is 11.0. The summed E-state index contributed by atoms with van der Waals surface area (Å²) in [6.45, 7) is 6.68. The van der Waals surface area contributed by atoms with Crippen molar-refractivity contribution in [3.63, 3.8) is 0 Å². The van der Waals surface area contributed by atoms with Crippen LogP contribution in [-0.2, 0) is 25.5 Å². The first-order chi connectivity index (χ1) is 27.9. The summed E-state index contributed by atoms with van der Waals surface area (Å²) in [5.41, 5.74) is 7.61. The van der Waals surface area contributed by atoms with Gasteiger partial charge in [-0.05, 0) is 85.2 Å². The second-order valence-corrected chi connectivity index (χ2v) is 15.3. The molecular formula is C54H40IrN2O-2. The zero-order valence-corrected chi connectivity index (χ0v) is 34.9. The van der Waals surface area contributed by atoms with E-state index in [0.717, 1.165) is 34.0 Å². The summed E-state index contributed by atoms with van der Waals surface area (Å²) in [5, 5.41) is 9.94. The van der Waals surface area contributed by atoms with Crippen molar-refractivity contribution in [2.45, 2.75) is 26.2 Å². The molecule has 0 amide bonds. The Labute approximate surface area is 353 Å². The summed E-state index contributed by atoms with van der Waals surface area (Å²) in [7, 11) is 0. The van der Waals surface area contributed by atoms with Crippen molar-refractivity contribution < 1.29 is 24.8 Å². The predicted molar refractivity (Wildman–Crippen MR) is 238 cm³/mol. The summed E-state index contributed by atoms with van der Waals surface area (Å²) in [5.74, 6) is 1.56. The Morgan fingerprint density at radius 1 is 0.466 bits per heavy atom. The van der Waals surface area contributed by atoms with E-state index in [1.165, 1.54) is 59.8 Å². The zero-order valence-electron chi connectivity index (χ0n) is 32.5. The van der Waals surface area contributed by atoms with Crippen molar-refractivity contribution >= 4 is 43.1 Å². The molecule has 0 unspecified atom stereocenters. The number of fused-ring (bicyclic) bond motifs is 7. The maximum absolute atomic E-state index is 6.00. The summed E-state index contributed by atoms with van der Waals surface area (Å²) in [6.07, 6.45) is 3.67. The third-order valence-electron chi connectivity index (χ3n) is 10.5. The van der Waals surface area contributed by atoms with Crippen molar-refractivity contribution in [1.29, 1.82) is 0 Å². The quantitative estimate of drug-likeness (QED) is 0.127. The van der Waals surface area contributed by atoms with Crippen molar-refractivity contribution in [1.82, 2.24) is 9.97 Å². The molecule has 0 N–H and O–H groups in total. The second kappa shape index (κ2) is 16.6. The van der Waals surface area contributed by atoms with Crippen LogP contribution in [0.2, 0.25) is 0 Å². The van der Waals surface area contributed by atoms with Crippen molar-refractivity contribution in [2.75, 3.05) is 0 Å². The maximum atomic E-state index is 6.00. The number of pyridine rings is 2. The van der Waals surface area contributed by atoms with Gasteiger partial charge in [-0.25, -0.2) is 0 Å². The maximum Gasteiger partial charge on any atom is 0.127 e. The molecule has 10 rings (SSSR count).